The van der Waals surface area contributed by atoms with Crippen LogP contribution in [0.25, 0.3) is 0 Å². The monoisotopic (exact) mass is 565 g/mol. The van der Waals surface area contributed by atoms with Crippen LogP contribution in [0.1, 0.15) is 57.9 Å². The Hall–Kier alpha value is -0.870. The van der Waals surface area contributed by atoms with Gasteiger partial charge in [-0.05, 0) is 50.5 Å². The number of rotatable bonds is 13. The number of guanidine groups is 1. The van der Waals surface area contributed by atoms with Gasteiger partial charge in [-0.3, -0.25) is 4.99 Å². The molecule has 0 aliphatic heterocycles. The third-order valence-electron chi connectivity index (χ3n) is 5.72. The molecule has 0 aromatic heterocycles. The van der Waals surface area contributed by atoms with E-state index in [1.807, 2.05) is 44.2 Å². The lowest BCUT2D eigenvalue weighted by atomic mass is 9.83. The number of sulfone groups is 1. The lowest BCUT2D eigenvalue weighted by Gasteiger charge is -2.27. The SMILES string of the molecule is CCNC(=NCC1(CCOCC)CCCC1)NCCCS(=O)(=O)Cc1ccccc1.I. The fraction of sp³-hybridized carbons (Fsp3) is 0.696. The molecule has 1 aliphatic rings. The highest BCUT2D eigenvalue weighted by Gasteiger charge is 2.33. The summed E-state index contributed by atoms with van der Waals surface area (Å²) in [4.78, 5) is 4.84. The van der Waals surface area contributed by atoms with E-state index in [4.69, 9.17) is 9.73 Å². The number of hydrogen-bond donors (Lipinski definition) is 2. The molecule has 2 rings (SSSR count). The molecule has 0 bridgehead atoms. The summed E-state index contributed by atoms with van der Waals surface area (Å²) >= 11 is 0. The van der Waals surface area contributed by atoms with Gasteiger partial charge in [0, 0.05) is 32.8 Å². The average molecular weight is 566 g/mol. The lowest BCUT2D eigenvalue weighted by molar-refractivity contribution is 0.107. The van der Waals surface area contributed by atoms with Gasteiger partial charge in [0.25, 0.3) is 0 Å². The number of aliphatic imine (C=N–C) groups is 1. The Kier molecular flexibility index (Phi) is 13.7. The van der Waals surface area contributed by atoms with E-state index in [0.717, 1.165) is 44.2 Å². The summed E-state index contributed by atoms with van der Waals surface area (Å²) in [6.07, 6.45) is 6.58. The fourth-order valence-electron chi connectivity index (χ4n) is 4.03. The van der Waals surface area contributed by atoms with Crippen molar-refractivity contribution in [1.82, 2.24) is 10.6 Å². The van der Waals surface area contributed by atoms with E-state index in [9.17, 15) is 8.42 Å². The van der Waals surface area contributed by atoms with Crippen molar-refractivity contribution in [3.05, 3.63) is 35.9 Å². The quantitative estimate of drug-likeness (QED) is 0.163. The van der Waals surface area contributed by atoms with Gasteiger partial charge in [-0.1, -0.05) is 43.2 Å². The zero-order valence-corrected chi connectivity index (χ0v) is 22.2. The predicted octanol–water partition coefficient (Wildman–Crippen LogP) is 4.15. The first-order valence-electron chi connectivity index (χ1n) is 11.3. The van der Waals surface area contributed by atoms with Crippen molar-refractivity contribution in [3.8, 4) is 0 Å². The van der Waals surface area contributed by atoms with Crippen LogP contribution in [0.3, 0.4) is 0 Å². The normalized spacial score (nSPS) is 16.0. The van der Waals surface area contributed by atoms with Crippen LogP contribution >= 0.6 is 24.0 Å². The molecule has 0 amide bonds. The molecular weight excluding hydrogens is 525 g/mol. The summed E-state index contributed by atoms with van der Waals surface area (Å²) < 4.78 is 30.3. The summed E-state index contributed by atoms with van der Waals surface area (Å²) in [6.45, 7) is 7.80. The van der Waals surface area contributed by atoms with E-state index < -0.39 is 9.84 Å². The summed E-state index contributed by atoms with van der Waals surface area (Å²) in [5.41, 5.74) is 1.09. The van der Waals surface area contributed by atoms with Crippen LogP contribution < -0.4 is 10.6 Å². The van der Waals surface area contributed by atoms with Crippen LogP contribution in [0.15, 0.2) is 35.3 Å². The molecule has 0 spiro atoms. The number of ether oxygens (including phenoxy) is 1. The van der Waals surface area contributed by atoms with Crippen molar-refractivity contribution in [3.63, 3.8) is 0 Å². The van der Waals surface area contributed by atoms with E-state index in [2.05, 4.69) is 10.6 Å². The van der Waals surface area contributed by atoms with Crippen molar-refractivity contribution >= 4 is 39.8 Å². The largest absolute Gasteiger partial charge is 0.382 e. The molecule has 0 saturated heterocycles. The molecule has 1 saturated carbocycles. The summed E-state index contributed by atoms with van der Waals surface area (Å²) in [6, 6.07) is 9.36. The Morgan fingerprint density at radius 3 is 2.48 bits per heavy atom. The average Bonchev–Trinajstić information content (AvgIpc) is 3.19. The topological polar surface area (TPSA) is 79.8 Å². The lowest BCUT2D eigenvalue weighted by Crippen LogP contribution is -2.39. The number of benzene rings is 1. The zero-order chi connectivity index (χ0) is 21.7. The second kappa shape index (κ2) is 15.1. The maximum atomic E-state index is 12.4. The second-order valence-electron chi connectivity index (χ2n) is 8.21. The summed E-state index contributed by atoms with van der Waals surface area (Å²) in [5.74, 6) is 1.05. The van der Waals surface area contributed by atoms with Crippen LogP contribution in [0.5, 0.6) is 0 Å². The Balaban J connectivity index is 0.00000480. The Bertz CT molecular complexity index is 736. The Morgan fingerprint density at radius 1 is 1.13 bits per heavy atom. The van der Waals surface area contributed by atoms with Gasteiger partial charge >= 0.3 is 0 Å². The van der Waals surface area contributed by atoms with E-state index in [1.54, 1.807) is 0 Å². The Morgan fingerprint density at radius 2 is 1.84 bits per heavy atom. The maximum absolute atomic E-state index is 12.4. The molecule has 1 fully saturated rings. The van der Waals surface area contributed by atoms with Gasteiger partial charge in [-0.15, -0.1) is 24.0 Å². The van der Waals surface area contributed by atoms with Crippen molar-refractivity contribution < 1.29 is 13.2 Å². The van der Waals surface area contributed by atoms with Crippen LogP contribution in [-0.2, 0) is 20.3 Å². The minimum Gasteiger partial charge on any atom is -0.382 e. The van der Waals surface area contributed by atoms with Crippen LogP contribution in [0.2, 0.25) is 0 Å². The van der Waals surface area contributed by atoms with Gasteiger partial charge in [0.1, 0.15) is 0 Å². The van der Waals surface area contributed by atoms with Gasteiger partial charge < -0.3 is 15.4 Å². The number of halogens is 1. The molecule has 1 aromatic carbocycles. The van der Waals surface area contributed by atoms with Crippen molar-refractivity contribution in [2.24, 2.45) is 10.4 Å². The van der Waals surface area contributed by atoms with E-state index in [-0.39, 0.29) is 40.9 Å². The van der Waals surface area contributed by atoms with Gasteiger partial charge in [0.2, 0.25) is 0 Å². The van der Waals surface area contributed by atoms with E-state index in [0.29, 0.717) is 13.0 Å². The summed E-state index contributed by atoms with van der Waals surface area (Å²) in [5, 5.41) is 6.60. The molecule has 8 heteroatoms. The number of hydrogen-bond acceptors (Lipinski definition) is 4. The standard InChI is InChI=1S/C23H39N3O3S.HI/c1-3-24-22(26-20-23(13-8-9-14-23)15-17-29-4-2)25-16-10-18-30(27,28)19-21-11-6-5-7-12-21;/h5-7,11-12H,3-4,8-10,13-20H2,1-2H3,(H2,24,25,26);1H. The first-order valence-corrected chi connectivity index (χ1v) is 13.1. The zero-order valence-electron chi connectivity index (χ0n) is 19.1. The minimum absolute atomic E-state index is 0. The third-order valence-corrected chi connectivity index (χ3v) is 7.40. The smallest absolute Gasteiger partial charge is 0.191 e. The first kappa shape index (κ1) is 28.2. The highest BCUT2D eigenvalue weighted by Crippen LogP contribution is 2.41. The van der Waals surface area contributed by atoms with E-state index >= 15 is 0 Å². The molecule has 1 aliphatic carbocycles. The van der Waals surface area contributed by atoms with Crippen molar-refractivity contribution in [1.29, 1.82) is 0 Å². The molecule has 0 radical (unpaired) electrons. The molecule has 0 atom stereocenters. The maximum Gasteiger partial charge on any atom is 0.191 e. The fourth-order valence-corrected chi connectivity index (χ4v) is 5.46. The van der Waals surface area contributed by atoms with Gasteiger partial charge in [0.15, 0.2) is 15.8 Å². The molecule has 178 valence electrons. The van der Waals surface area contributed by atoms with Crippen LogP contribution in [0.4, 0.5) is 0 Å². The molecular formula is C23H40IN3O3S. The van der Waals surface area contributed by atoms with Crippen LogP contribution in [-0.4, -0.2) is 53.0 Å². The molecule has 0 unspecified atom stereocenters. The predicted molar refractivity (Wildman–Crippen MR) is 140 cm³/mol. The molecule has 31 heavy (non-hydrogen) atoms. The van der Waals surface area contributed by atoms with E-state index in [1.165, 1.54) is 25.7 Å². The Labute approximate surface area is 206 Å². The molecule has 6 nitrogen and oxygen atoms in total. The molecule has 0 heterocycles. The van der Waals surface area contributed by atoms with Gasteiger partial charge in [-0.25, -0.2) is 8.42 Å². The van der Waals surface area contributed by atoms with Crippen molar-refractivity contribution in [2.75, 3.05) is 38.6 Å². The third kappa shape index (κ3) is 11.0. The van der Waals surface area contributed by atoms with Crippen LogP contribution in [0, 0.1) is 5.41 Å². The minimum atomic E-state index is -3.11. The first-order chi connectivity index (χ1) is 14.5. The highest BCUT2D eigenvalue weighted by molar-refractivity contribution is 14.0. The molecule has 1 aromatic rings. The summed E-state index contributed by atoms with van der Waals surface area (Å²) in [7, 11) is -3.11. The van der Waals surface area contributed by atoms with Crippen molar-refractivity contribution in [2.45, 2.75) is 58.1 Å². The second-order valence-corrected chi connectivity index (χ2v) is 10.4. The molecule has 2 N–H and O–H groups in total. The number of nitrogens with zero attached hydrogens (tertiary/aromatic N) is 1. The number of nitrogens with one attached hydrogen (secondary N) is 2. The highest BCUT2D eigenvalue weighted by atomic mass is 127. The van der Waals surface area contributed by atoms with Gasteiger partial charge in [-0.2, -0.15) is 0 Å². The van der Waals surface area contributed by atoms with Gasteiger partial charge in [0.05, 0.1) is 11.5 Å².